The third-order valence-electron chi connectivity index (χ3n) is 7.90. The van der Waals surface area contributed by atoms with Gasteiger partial charge in [0, 0.05) is 35.7 Å². The van der Waals surface area contributed by atoms with Crippen molar-refractivity contribution >= 4 is 11.6 Å². The number of fused-ring (bicyclic) bond motifs is 4. The second-order valence-corrected chi connectivity index (χ2v) is 10.5. The lowest BCUT2D eigenvalue weighted by molar-refractivity contribution is -0.132. The first-order valence-electron chi connectivity index (χ1n) is 13.6. The normalized spacial score (nSPS) is 20.2. The summed E-state index contributed by atoms with van der Waals surface area (Å²) in [6.07, 6.45) is 0.321. The minimum absolute atomic E-state index is 0.0952. The number of nitrogens with one attached hydrogen (secondary N) is 1. The van der Waals surface area contributed by atoms with E-state index in [4.69, 9.17) is 24.0 Å². The van der Waals surface area contributed by atoms with Gasteiger partial charge in [-0.1, -0.05) is 36.9 Å². The van der Waals surface area contributed by atoms with Crippen molar-refractivity contribution in [1.29, 1.82) is 0 Å². The van der Waals surface area contributed by atoms with Crippen LogP contribution < -0.4 is 24.3 Å². The highest BCUT2D eigenvalue weighted by Gasteiger charge is 2.47. The first-order valence-corrected chi connectivity index (χ1v) is 13.6. The van der Waals surface area contributed by atoms with Gasteiger partial charge in [-0.3, -0.25) is 4.79 Å². The van der Waals surface area contributed by atoms with Crippen LogP contribution in [-0.2, 0) is 17.8 Å². The molecule has 3 atom stereocenters. The minimum Gasteiger partial charge on any atom is -0.507 e. The fraction of sp³-hybridized carbons (Fsp3) is 0.312. The van der Waals surface area contributed by atoms with Crippen LogP contribution in [0.2, 0.25) is 0 Å². The highest BCUT2D eigenvalue weighted by Crippen LogP contribution is 2.49. The van der Waals surface area contributed by atoms with E-state index in [-0.39, 0.29) is 36.8 Å². The summed E-state index contributed by atoms with van der Waals surface area (Å²) < 4.78 is 23.2. The average molecular weight is 556 g/mol. The Hall–Kier alpha value is -4.50. The number of hydrogen-bond donors (Lipinski definition) is 2. The second kappa shape index (κ2) is 10.8. The molecule has 41 heavy (non-hydrogen) atoms. The zero-order valence-electron chi connectivity index (χ0n) is 23.3. The van der Waals surface area contributed by atoms with Crippen molar-refractivity contribution in [2.75, 3.05) is 27.4 Å². The van der Waals surface area contributed by atoms with Gasteiger partial charge in [-0.25, -0.2) is 5.01 Å². The van der Waals surface area contributed by atoms with Gasteiger partial charge >= 0.3 is 0 Å². The molecular formula is C32H33N3O6. The Morgan fingerprint density at radius 2 is 1.88 bits per heavy atom. The van der Waals surface area contributed by atoms with Crippen molar-refractivity contribution in [1.82, 2.24) is 10.3 Å². The van der Waals surface area contributed by atoms with Gasteiger partial charge in [0.05, 0.1) is 32.4 Å². The van der Waals surface area contributed by atoms with Gasteiger partial charge < -0.3 is 29.4 Å². The van der Waals surface area contributed by atoms with Gasteiger partial charge in [-0.2, -0.15) is 5.10 Å². The molecule has 3 heterocycles. The number of methoxy groups -OCH3 is 2. The fourth-order valence-corrected chi connectivity index (χ4v) is 5.76. The predicted molar refractivity (Wildman–Crippen MR) is 154 cm³/mol. The number of benzene rings is 3. The van der Waals surface area contributed by atoms with E-state index in [2.05, 4.69) is 11.9 Å². The monoisotopic (exact) mass is 555 g/mol. The molecule has 0 fully saturated rings. The van der Waals surface area contributed by atoms with E-state index in [1.54, 1.807) is 20.3 Å². The van der Waals surface area contributed by atoms with Crippen LogP contribution in [0.4, 0.5) is 0 Å². The number of hydrogen-bond acceptors (Lipinski definition) is 8. The summed E-state index contributed by atoms with van der Waals surface area (Å²) in [5.74, 6) is 1.90. The molecule has 9 heteroatoms. The summed E-state index contributed by atoms with van der Waals surface area (Å²) in [6.45, 7) is 6.81. The molecule has 0 spiro atoms. The summed E-state index contributed by atoms with van der Waals surface area (Å²) in [7, 11) is 3.15. The lowest BCUT2D eigenvalue weighted by Gasteiger charge is -2.33. The van der Waals surface area contributed by atoms with E-state index in [0.717, 1.165) is 16.7 Å². The van der Waals surface area contributed by atoms with E-state index in [1.807, 2.05) is 55.5 Å². The van der Waals surface area contributed by atoms with E-state index in [0.29, 0.717) is 52.8 Å². The molecule has 3 aliphatic heterocycles. The van der Waals surface area contributed by atoms with Crippen molar-refractivity contribution in [3.05, 3.63) is 89.0 Å². The number of hydrazone groups is 1. The molecule has 3 aromatic carbocycles. The molecule has 3 aliphatic rings. The number of phenols is 1. The van der Waals surface area contributed by atoms with Crippen LogP contribution in [0.3, 0.4) is 0 Å². The molecule has 0 radical (unpaired) electrons. The van der Waals surface area contributed by atoms with Crippen molar-refractivity contribution in [3.63, 3.8) is 0 Å². The standard InChI is InChI=1S/C32H33N3O6/c1-18(2)25-13-22-24(41-25)11-10-20(32(22)37)31-30-21-12-27(38-3)28(39-4)14-26(21)40-17-23(30)35(34-31)29(36)16-33-15-19-8-6-5-7-9-19/h5-12,14,23,25,30,33,37H,1,13,15-17H2,2-4H3/t23?,25-,30?/m1/s1. The highest BCUT2D eigenvalue weighted by atomic mass is 16.5. The average Bonchev–Trinajstić information content (AvgIpc) is 3.60. The molecule has 0 bridgehead atoms. The van der Waals surface area contributed by atoms with Crippen molar-refractivity contribution in [3.8, 4) is 28.7 Å². The number of nitrogens with zero attached hydrogens (tertiary/aromatic N) is 2. The Morgan fingerprint density at radius 1 is 1.12 bits per heavy atom. The predicted octanol–water partition coefficient (Wildman–Crippen LogP) is 4.17. The Morgan fingerprint density at radius 3 is 2.61 bits per heavy atom. The van der Waals surface area contributed by atoms with Crippen molar-refractivity contribution in [2.45, 2.75) is 38.0 Å². The van der Waals surface area contributed by atoms with Crippen LogP contribution in [0.15, 0.2) is 71.9 Å². The third kappa shape index (κ3) is 4.76. The van der Waals surface area contributed by atoms with Crippen LogP contribution in [0.5, 0.6) is 28.7 Å². The summed E-state index contributed by atoms with van der Waals surface area (Å²) in [6, 6.07) is 16.8. The Balaban J connectivity index is 1.37. The Labute approximate surface area is 239 Å². The second-order valence-electron chi connectivity index (χ2n) is 10.5. The lowest BCUT2D eigenvalue weighted by Crippen LogP contribution is -2.45. The van der Waals surface area contributed by atoms with Crippen LogP contribution in [-0.4, -0.2) is 61.3 Å². The topological polar surface area (TPSA) is 102 Å². The molecule has 0 saturated heterocycles. The quantitative estimate of drug-likeness (QED) is 0.403. The summed E-state index contributed by atoms with van der Waals surface area (Å²) in [5.41, 5.74) is 4.63. The molecule has 9 nitrogen and oxygen atoms in total. The minimum atomic E-state index is -0.409. The van der Waals surface area contributed by atoms with Crippen LogP contribution in [0, 0.1) is 0 Å². The van der Waals surface area contributed by atoms with Crippen LogP contribution >= 0.6 is 0 Å². The maximum atomic E-state index is 13.6. The smallest absolute Gasteiger partial charge is 0.257 e. The van der Waals surface area contributed by atoms with Gasteiger partial charge in [0.2, 0.25) is 0 Å². The van der Waals surface area contributed by atoms with Crippen molar-refractivity contribution < 1.29 is 28.8 Å². The fourth-order valence-electron chi connectivity index (χ4n) is 5.76. The number of carbonyl (C=O) groups excluding carboxylic acids is 1. The molecular weight excluding hydrogens is 522 g/mol. The first-order chi connectivity index (χ1) is 19.9. The zero-order valence-corrected chi connectivity index (χ0v) is 23.3. The Kier molecular flexibility index (Phi) is 7.05. The van der Waals surface area contributed by atoms with E-state index in [1.165, 1.54) is 5.01 Å². The largest absolute Gasteiger partial charge is 0.507 e. The number of phenolic OH excluding ortho intramolecular Hbond substituents is 1. The number of rotatable bonds is 8. The highest BCUT2D eigenvalue weighted by molar-refractivity contribution is 6.10. The van der Waals surface area contributed by atoms with Gasteiger partial charge in [0.15, 0.2) is 11.5 Å². The molecule has 2 N–H and O–H groups in total. The molecule has 0 saturated carbocycles. The molecule has 6 rings (SSSR count). The Bertz CT molecular complexity index is 1540. The molecule has 1 amide bonds. The lowest BCUT2D eigenvalue weighted by atomic mass is 9.82. The maximum Gasteiger partial charge on any atom is 0.257 e. The first kappa shape index (κ1) is 26.7. The maximum absolute atomic E-state index is 13.6. The number of amides is 1. The van der Waals surface area contributed by atoms with E-state index < -0.39 is 6.04 Å². The third-order valence-corrected chi connectivity index (χ3v) is 7.90. The van der Waals surface area contributed by atoms with E-state index in [9.17, 15) is 9.90 Å². The number of aromatic hydroxyl groups is 1. The van der Waals surface area contributed by atoms with Gasteiger partial charge in [-0.05, 0) is 36.3 Å². The van der Waals surface area contributed by atoms with Crippen LogP contribution in [0.1, 0.15) is 35.1 Å². The molecule has 0 aliphatic carbocycles. The summed E-state index contributed by atoms with van der Waals surface area (Å²) >= 11 is 0. The number of carbonyl (C=O) groups is 1. The summed E-state index contributed by atoms with van der Waals surface area (Å²) in [5, 5.41) is 21.1. The molecule has 2 unspecified atom stereocenters. The van der Waals surface area contributed by atoms with Gasteiger partial charge in [0.1, 0.15) is 36.0 Å². The summed E-state index contributed by atoms with van der Waals surface area (Å²) in [4.78, 5) is 13.6. The molecule has 0 aromatic heterocycles. The molecule has 212 valence electrons. The van der Waals surface area contributed by atoms with Crippen molar-refractivity contribution in [2.24, 2.45) is 5.10 Å². The van der Waals surface area contributed by atoms with Gasteiger partial charge in [0.25, 0.3) is 5.91 Å². The van der Waals surface area contributed by atoms with Crippen LogP contribution in [0.25, 0.3) is 0 Å². The van der Waals surface area contributed by atoms with Gasteiger partial charge in [-0.15, -0.1) is 0 Å². The molecule has 3 aromatic rings. The van der Waals surface area contributed by atoms with E-state index >= 15 is 0 Å². The number of ether oxygens (including phenoxy) is 4. The SMILES string of the molecule is C=C(C)[C@H]1Cc2c(ccc(C3=NN(C(=O)CNCc4ccccc4)C4COc5cc(OC)c(OC)cc5C34)c2O)O1. The zero-order chi connectivity index (χ0) is 28.7.